The molecule has 4 N–H and O–H groups in total. The van der Waals surface area contributed by atoms with Gasteiger partial charge in [-0.05, 0) is 63.6 Å². The van der Waals surface area contributed by atoms with Crippen LogP contribution in [0.4, 0.5) is 31.0 Å². The third-order valence-electron chi connectivity index (χ3n) is 6.34. The number of halogens is 2. The van der Waals surface area contributed by atoms with Crippen molar-refractivity contribution in [3.8, 4) is 11.3 Å². The number of carbonyl (C=O) groups is 2. The van der Waals surface area contributed by atoms with Gasteiger partial charge in [-0.1, -0.05) is 39.8 Å². The summed E-state index contributed by atoms with van der Waals surface area (Å²) in [7, 11) is 0. The molecule has 0 saturated heterocycles. The number of anilines is 3. The van der Waals surface area contributed by atoms with Crippen LogP contribution >= 0.6 is 0 Å². The molecule has 0 saturated carbocycles. The van der Waals surface area contributed by atoms with Crippen molar-refractivity contribution in [1.82, 2.24) is 25.9 Å². The van der Waals surface area contributed by atoms with Crippen molar-refractivity contribution in [2.75, 3.05) is 23.3 Å². The van der Waals surface area contributed by atoms with Crippen LogP contribution in [0.3, 0.4) is 0 Å². The van der Waals surface area contributed by atoms with E-state index in [0.717, 1.165) is 35.6 Å². The van der Waals surface area contributed by atoms with Gasteiger partial charge in [-0.25, -0.2) is 23.5 Å². The molecule has 0 aliphatic carbocycles. The monoisotopic (exact) mass is 581 g/mol. The van der Waals surface area contributed by atoms with Gasteiger partial charge in [0.05, 0.1) is 12.2 Å². The Morgan fingerprint density at radius 3 is 2.36 bits per heavy atom. The lowest BCUT2D eigenvalue weighted by molar-refractivity contribution is 0.0943. The fraction of sp³-hybridized carbons (Fsp3) is 0.419. The molecule has 3 amide bonds. The van der Waals surface area contributed by atoms with Gasteiger partial charge in [0.15, 0.2) is 5.82 Å². The van der Waals surface area contributed by atoms with Crippen LogP contribution < -0.4 is 26.2 Å². The van der Waals surface area contributed by atoms with Gasteiger partial charge in [-0.3, -0.25) is 4.79 Å². The number of hydrogen-bond donors (Lipinski definition) is 4. The van der Waals surface area contributed by atoms with Crippen LogP contribution in [0.2, 0.25) is 0 Å². The highest BCUT2D eigenvalue weighted by Crippen LogP contribution is 2.39. The third-order valence-corrected chi connectivity index (χ3v) is 6.34. The Hall–Kier alpha value is -4.12. The highest BCUT2D eigenvalue weighted by molar-refractivity contribution is 6.02. The lowest BCUT2D eigenvalue weighted by atomic mass is 9.97. The molecule has 1 aliphatic heterocycles. The average Bonchev–Trinajstić information content (AvgIpc) is 2.94. The number of nitrogens with zero attached hydrogens (tertiary/aromatic N) is 3. The van der Waals surface area contributed by atoms with E-state index in [1.807, 2.05) is 40.7 Å². The zero-order valence-corrected chi connectivity index (χ0v) is 25.4. The Bertz CT molecular complexity index is 1390. The minimum Gasteiger partial charge on any atom is -0.354 e. The number of nitrogens with one attached hydrogen (secondary N) is 4. The molecular formula is C31H41F2N7O2. The maximum Gasteiger partial charge on any atom is 0.328 e. The van der Waals surface area contributed by atoms with Gasteiger partial charge < -0.3 is 21.3 Å². The van der Waals surface area contributed by atoms with Crippen LogP contribution in [0.1, 0.15) is 69.4 Å². The Balaban J connectivity index is 0.00000237. The van der Waals surface area contributed by atoms with E-state index in [0.29, 0.717) is 35.0 Å². The zero-order valence-electron chi connectivity index (χ0n) is 25.4. The largest absolute Gasteiger partial charge is 0.354 e. The molecule has 4 rings (SSSR count). The molecule has 0 fully saturated rings. The number of para-hydroxylation sites is 1. The summed E-state index contributed by atoms with van der Waals surface area (Å²) in [5.41, 5.74) is 2.30. The lowest BCUT2D eigenvalue weighted by Crippen LogP contribution is -2.43. The molecule has 2 heterocycles. The van der Waals surface area contributed by atoms with Gasteiger partial charge in [0.25, 0.3) is 5.91 Å². The summed E-state index contributed by atoms with van der Waals surface area (Å²) in [6.45, 7) is 15.1. The first-order valence-electron chi connectivity index (χ1n) is 14.4. The predicted octanol–water partition coefficient (Wildman–Crippen LogP) is 6.06. The Kier molecular flexibility index (Phi) is 11.3. The molecule has 0 bridgehead atoms. The van der Waals surface area contributed by atoms with E-state index >= 15 is 0 Å². The molecule has 0 unspecified atom stereocenters. The summed E-state index contributed by atoms with van der Waals surface area (Å²) in [6.07, 6.45) is 0.768. The smallest absolute Gasteiger partial charge is 0.328 e. The number of aromatic nitrogens is 2. The second-order valence-electron chi connectivity index (χ2n) is 10.3. The highest BCUT2D eigenvalue weighted by atomic mass is 19.1. The zero-order chi connectivity index (χ0) is 31.0. The van der Waals surface area contributed by atoms with Gasteiger partial charge in [0.2, 0.25) is 5.95 Å². The molecule has 2 aromatic carbocycles. The molecule has 3 aromatic rings. The molecular weight excluding hydrogens is 540 g/mol. The number of urea groups is 1. The summed E-state index contributed by atoms with van der Waals surface area (Å²) in [5, 5.41) is 12.1. The van der Waals surface area contributed by atoms with E-state index in [1.54, 1.807) is 12.1 Å². The van der Waals surface area contributed by atoms with Crippen LogP contribution in [0.5, 0.6) is 0 Å². The molecule has 0 spiro atoms. The average molecular weight is 582 g/mol. The normalized spacial score (nSPS) is 12.5. The van der Waals surface area contributed by atoms with Crippen molar-refractivity contribution >= 4 is 29.4 Å². The quantitative estimate of drug-likeness (QED) is 0.217. The van der Waals surface area contributed by atoms with E-state index in [2.05, 4.69) is 40.1 Å². The minimum absolute atomic E-state index is 0.0382. The molecule has 42 heavy (non-hydrogen) atoms. The van der Waals surface area contributed by atoms with Crippen LogP contribution in [-0.4, -0.2) is 47.1 Å². The summed E-state index contributed by atoms with van der Waals surface area (Å²) < 4.78 is 29.8. The molecule has 226 valence electrons. The van der Waals surface area contributed by atoms with Crippen LogP contribution in [0.15, 0.2) is 36.4 Å². The number of carbonyl (C=O) groups excluding carboxylic acids is 2. The van der Waals surface area contributed by atoms with Gasteiger partial charge in [-0.2, -0.15) is 4.98 Å². The van der Waals surface area contributed by atoms with Gasteiger partial charge in [0.1, 0.15) is 17.3 Å². The number of benzene rings is 2. The number of aryl methyl sites for hydroxylation is 1. The fourth-order valence-corrected chi connectivity index (χ4v) is 4.41. The first-order chi connectivity index (χ1) is 20.1. The van der Waals surface area contributed by atoms with Gasteiger partial charge >= 0.3 is 6.03 Å². The lowest BCUT2D eigenvalue weighted by Gasteiger charge is -2.31. The number of amides is 3. The Morgan fingerprint density at radius 2 is 1.71 bits per heavy atom. The second kappa shape index (κ2) is 14.7. The standard InChI is InChI=1S/C29H35F2N7O2.C2H6/c1-16(2)32-12-7-13-33-28-36-24(20-14-19(11-10-18(20)5)27(39)35-17(3)4)21-15-34-29(40)38(26(21)37-28)25-22(30)8-6-9-23(25)31;1-2/h6,8-11,14,16-17,32H,7,12-13,15H2,1-5H3,(H,34,40)(H,35,39)(H,33,36,37);1-2H3. The van der Waals surface area contributed by atoms with Crippen molar-refractivity contribution in [2.45, 2.75) is 73.5 Å². The number of hydrogen-bond acceptors (Lipinski definition) is 6. The van der Waals surface area contributed by atoms with E-state index in [1.165, 1.54) is 6.07 Å². The fourth-order valence-electron chi connectivity index (χ4n) is 4.41. The van der Waals surface area contributed by atoms with Crippen LogP contribution in [-0.2, 0) is 6.54 Å². The summed E-state index contributed by atoms with van der Waals surface area (Å²) >= 11 is 0. The first-order valence-corrected chi connectivity index (χ1v) is 14.4. The molecule has 1 aliphatic rings. The maximum atomic E-state index is 14.9. The molecule has 11 heteroatoms. The molecule has 0 radical (unpaired) electrons. The third kappa shape index (κ3) is 7.58. The van der Waals surface area contributed by atoms with E-state index < -0.39 is 23.4 Å². The van der Waals surface area contributed by atoms with Crippen molar-refractivity contribution < 1.29 is 18.4 Å². The van der Waals surface area contributed by atoms with Crippen molar-refractivity contribution in [2.24, 2.45) is 0 Å². The summed E-state index contributed by atoms with van der Waals surface area (Å²) in [4.78, 5) is 36.1. The van der Waals surface area contributed by atoms with Crippen LogP contribution in [0.25, 0.3) is 11.3 Å². The Morgan fingerprint density at radius 1 is 1.02 bits per heavy atom. The summed E-state index contributed by atoms with van der Waals surface area (Å²) in [5.74, 6) is -1.77. The Labute approximate surface area is 246 Å². The topological polar surface area (TPSA) is 111 Å². The van der Waals surface area contributed by atoms with Crippen LogP contribution in [0, 0.1) is 18.6 Å². The van der Waals surface area contributed by atoms with Gasteiger partial charge in [0, 0.05) is 35.3 Å². The number of rotatable bonds is 10. The van der Waals surface area contributed by atoms with E-state index in [4.69, 9.17) is 4.98 Å². The van der Waals surface area contributed by atoms with E-state index in [-0.39, 0.29) is 30.3 Å². The highest BCUT2D eigenvalue weighted by Gasteiger charge is 2.34. The molecule has 9 nitrogen and oxygen atoms in total. The molecule has 1 aromatic heterocycles. The maximum absolute atomic E-state index is 14.9. The van der Waals surface area contributed by atoms with Crippen molar-refractivity contribution in [3.63, 3.8) is 0 Å². The van der Waals surface area contributed by atoms with E-state index in [9.17, 15) is 18.4 Å². The van der Waals surface area contributed by atoms with Crippen molar-refractivity contribution in [3.05, 3.63) is 64.7 Å². The first kappa shape index (κ1) is 32.4. The summed E-state index contributed by atoms with van der Waals surface area (Å²) in [6, 6.07) is 8.27. The van der Waals surface area contributed by atoms with Gasteiger partial charge in [-0.15, -0.1) is 0 Å². The number of fused-ring (bicyclic) bond motifs is 1. The minimum atomic E-state index is -0.902. The van der Waals surface area contributed by atoms with Crippen molar-refractivity contribution in [1.29, 1.82) is 0 Å². The SMILES string of the molecule is CC.Cc1ccc(C(=O)NC(C)C)cc1-c1nc(NCCCNC(C)C)nc2c1CNC(=O)N2c1c(F)cccc1F. The molecule has 0 atom stereocenters. The predicted molar refractivity (Wildman–Crippen MR) is 163 cm³/mol. The second-order valence-corrected chi connectivity index (χ2v) is 10.3.